The molecule has 0 saturated carbocycles. The second-order valence-electron chi connectivity index (χ2n) is 5.44. The number of imide groups is 1. The predicted molar refractivity (Wildman–Crippen MR) is 76.8 cm³/mol. The Morgan fingerprint density at radius 2 is 1.77 bits per heavy atom. The molecule has 1 aliphatic rings. The van der Waals surface area contributed by atoms with E-state index in [1.165, 1.54) is 0 Å². The van der Waals surface area contributed by atoms with E-state index in [4.69, 9.17) is 10.00 Å². The molecule has 0 radical (unpaired) electrons. The van der Waals surface area contributed by atoms with E-state index in [9.17, 15) is 14.4 Å². The number of carbonyl (C=O) groups is 3. The fraction of sp³-hybridized carbons (Fsp3) is 0.375. The maximum absolute atomic E-state index is 12.4. The number of ether oxygens (including phenoxy) is 1. The van der Waals surface area contributed by atoms with Crippen molar-refractivity contribution in [2.75, 3.05) is 6.61 Å². The van der Waals surface area contributed by atoms with Crippen LogP contribution in [0.2, 0.25) is 0 Å². The third-order valence-corrected chi connectivity index (χ3v) is 3.38. The lowest BCUT2D eigenvalue weighted by molar-refractivity contribution is -0.147. The number of nitriles is 1. The minimum Gasteiger partial charge on any atom is -0.449 e. The Morgan fingerprint density at radius 1 is 1.23 bits per heavy atom. The summed E-state index contributed by atoms with van der Waals surface area (Å²) in [6.45, 7) is 3.35. The van der Waals surface area contributed by atoms with Crippen LogP contribution < -0.4 is 0 Å². The molecule has 0 fully saturated rings. The van der Waals surface area contributed by atoms with Crippen LogP contribution >= 0.6 is 0 Å². The maximum Gasteiger partial charge on any atom is 0.330 e. The minimum atomic E-state index is -1.01. The fourth-order valence-electron chi connectivity index (χ4n) is 2.44. The topological polar surface area (TPSA) is 87.5 Å². The summed E-state index contributed by atoms with van der Waals surface area (Å²) in [5.74, 6) is -1.66. The van der Waals surface area contributed by atoms with Gasteiger partial charge in [-0.3, -0.25) is 14.5 Å². The van der Waals surface area contributed by atoms with Gasteiger partial charge in [0.15, 0.2) is 6.61 Å². The summed E-state index contributed by atoms with van der Waals surface area (Å²) in [6.07, 6.45) is 0.287. The van der Waals surface area contributed by atoms with E-state index >= 15 is 0 Å². The molecule has 22 heavy (non-hydrogen) atoms. The van der Waals surface area contributed by atoms with Crippen molar-refractivity contribution in [2.24, 2.45) is 5.92 Å². The average Bonchev–Trinajstić information content (AvgIpc) is 2.74. The predicted octanol–water partition coefficient (Wildman–Crippen LogP) is 1.76. The molecular formula is C16H16N2O4. The number of rotatable bonds is 5. The summed E-state index contributed by atoms with van der Waals surface area (Å²) in [5, 5.41) is 8.52. The van der Waals surface area contributed by atoms with E-state index in [1.54, 1.807) is 30.3 Å². The molecule has 0 aliphatic carbocycles. The molecule has 1 aromatic rings. The number of benzene rings is 1. The smallest absolute Gasteiger partial charge is 0.330 e. The first kappa shape index (κ1) is 15.7. The molecule has 6 nitrogen and oxygen atoms in total. The number of amides is 2. The van der Waals surface area contributed by atoms with E-state index in [0.29, 0.717) is 0 Å². The highest BCUT2D eigenvalue weighted by Crippen LogP contribution is 2.27. The van der Waals surface area contributed by atoms with Crippen molar-refractivity contribution >= 4 is 17.8 Å². The van der Waals surface area contributed by atoms with Crippen LogP contribution in [0.3, 0.4) is 0 Å². The van der Waals surface area contributed by atoms with Gasteiger partial charge in [0.25, 0.3) is 11.8 Å². The molecule has 114 valence electrons. The zero-order chi connectivity index (χ0) is 16.3. The molecule has 1 heterocycles. The van der Waals surface area contributed by atoms with Crippen LogP contribution in [0, 0.1) is 17.2 Å². The van der Waals surface area contributed by atoms with E-state index in [1.807, 2.05) is 13.8 Å². The average molecular weight is 300 g/mol. The van der Waals surface area contributed by atoms with E-state index in [2.05, 4.69) is 0 Å². The van der Waals surface area contributed by atoms with Crippen molar-refractivity contribution < 1.29 is 19.1 Å². The summed E-state index contributed by atoms with van der Waals surface area (Å²) < 4.78 is 4.82. The molecule has 0 spiro atoms. The van der Waals surface area contributed by atoms with Crippen LogP contribution in [0.4, 0.5) is 0 Å². The van der Waals surface area contributed by atoms with Gasteiger partial charge >= 0.3 is 5.97 Å². The van der Waals surface area contributed by atoms with Gasteiger partial charge < -0.3 is 4.74 Å². The SMILES string of the molecule is CC(C)C[C@H](C(=O)OCC#N)N1C(=O)c2ccccc2C1=O. The first-order valence-corrected chi connectivity index (χ1v) is 6.97. The third kappa shape index (κ3) is 2.84. The largest absolute Gasteiger partial charge is 0.449 e. The number of esters is 1. The van der Waals surface area contributed by atoms with Crippen molar-refractivity contribution in [3.8, 4) is 6.07 Å². The van der Waals surface area contributed by atoms with Crippen LogP contribution in [-0.4, -0.2) is 35.3 Å². The molecule has 0 unspecified atom stereocenters. The lowest BCUT2D eigenvalue weighted by Crippen LogP contribution is -2.46. The number of nitrogens with zero attached hydrogens (tertiary/aromatic N) is 2. The highest BCUT2D eigenvalue weighted by Gasteiger charge is 2.43. The lowest BCUT2D eigenvalue weighted by Gasteiger charge is -2.25. The number of hydrogen-bond acceptors (Lipinski definition) is 5. The monoisotopic (exact) mass is 300 g/mol. The summed E-state index contributed by atoms with van der Waals surface area (Å²) in [4.78, 5) is 38.0. The summed E-state index contributed by atoms with van der Waals surface area (Å²) in [7, 11) is 0. The highest BCUT2D eigenvalue weighted by atomic mass is 16.5. The fourth-order valence-corrected chi connectivity index (χ4v) is 2.44. The van der Waals surface area contributed by atoms with Gasteiger partial charge in [0.1, 0.15) is 12.1 Å². The van der Waals surface area contributed by atoms with Crippen LogP contribution in [0.25, 0.3) is 0 Å². The maximum atomic E-state index is 12.4. The molecule has 2 amide bonds. The molecular weight excluding hydrogens is 284 g/mol. The van der Waals surface area contributed by atoms with Gasteiger partial charge in [-0.1, -0.05) is 26.0 Å². The van der Waals surface area contributed by atoms with Crippen LogP contribution in [0.1, 0.15) is 41.0 Å². The summed E-state index contributed by atoms with van der Waals surface area (Å²) in [6, 6.07) is 7.14. The molecule has 2 rings (SSSR count). The molecule has 0 N–H and O–H groups in total. The van der Waals surface area contributed by atoms with E-state index in [0.717, 1.165) is 4.90 Å². The van der Waals surface area contributed by atoms with Gasteiger partial charge in [-0.2, -0.15) is 5.26 Å². The van der Waals surface area contributed by atoms with Gasteiger partial charge in [-0.25, -0.2) is 4.79 Å². The van der Waals surface area contributed by atoms with Gasteiger partial charge in [-0.15, -0.1) is 0 Å². The van der Waals surface area contributed by atoms with Crippen molar-refractivity contribution in [2.45, 2.75) is 26.3 Å². The Kier molecular flexibility index (Phi) is 4.56. The second kappa shape index (κ2) is 6.39. The standard InChI is InChI=1S/C16H16N2O4/c1-10(2)9-13(16(21)22-8-7-17)18-14(19)11-5-3-4-6-12(11)15(18)20/h3-6,10,13H,8-9H2,1-2H3/t13-/m1/s1. The molecule has 1 atom stereocenters. The molecule has 6 heteroatoms. The third-order valence-electron chi connectivity index (χ3n) is 3.38. The summed E-state index contributed by atoms with van der Waals surface area (Å²) >= 11 is 0. The van der Waals surface area contributed by atoms with Crippen LogP contribution in [0.5, 0.6) is 0 Å². The number of hydrogen-bond donors (Lipinski definition) is 0. The van der Waals surface area contributed by atoms with Crippen LogP contribution in [-0.2, 0) is 9.53 Å². The number of fused-ring (bicyclic) bond motifs is 1. The molecule has 1 aliphatic heterocycles. The van der Waals surface area contributed by atoms with E-state index in [-0.39, 0.29) is 23.5 Å². The zero-order valence-electron chi connectivity index (χ0n) is 12.4. The Hall–Kier alpha value is -2.68. The Morgan fingerprint density at radius 3 is 2.23 bits per heavy atom. The Labute approximate surface area is 128 Å². The Bertz CT molecular complexity index is 625. The minimum absolute atomic E-state index is 0.0731. The second-order valence-corrected chi connectivity index (χ2v) is 5.44. The molecule has 0 saturated heterocycles. The van der Waals surface area contributed by atoms with Crippen molar-refractivity contribution in [3.05, 3.63) is 35.4 Å². The summed E-state index contributed by atoms with van der Waals surface area (Å²) in [5.41, 5.74) is 0.573. The van der Waals surface area contributed by atoms with Crippen LogP contribution in [0.15, 0.2) is 24.3 Å². The first-order valence-electron chi connectivity index (χ1n) is 6.97. The molecule has 1 aromatic carbocycles. The van der Waals surface area contributed by atoms with Crippen molar-refractivity contribution in [1.29, 1.82) is 5.26 Å². The lowest BCUT2D eigenvalue weighted by atomic mass is 10.0. The van der Waals surface area contributed by atoms with Gasteiger partial charge in [-0.05, 0) is 24.5 Å². The molecule has 0 aromatic heterocycles. The normalized spacial score (nSPS) is 14.7. The Balaban J connectivity index is 2.33. The quantitative estimate of drug-likeness (QED) is 0.611. The molecule has 0 bridgehead atoms. The van der Waals surface area contributed by atoms with Crippen molar-refractivity contribution in [1.82, 2.24) is 4.90 Å². The van der Waals surface area contributed by atoms with Crippen molar-refractivity contribution in [3.63, 3.8) is 0 Å². The van der Waals surface area contributed by atoms with Gasteiger partial charge in [0, 0.05) is 0 Å². The highest BCUT2D eigenvalue weighted by molar-refractivity contribution is 6.22. The van der Waals surface area contributed by atoms with Gasteiger partial charge in [0.05, 0.1) is 11.1 Å². The number of carbonyl (C=O) groups excluding carboxylic acids is 3. The van der Waals surface area contributed by atoms with E-state index < -0.39 is 30.4 Å². The van der Waals surface area contributed by atoms with Gasteiger partial charge in [0.2, 0.25) is 0 Å². The first-order chi connectivity index (χ1) is 10.5. The zero-order valence-corrected chi connectivity index (χ0v) is 12.4.